The summed E-state index contributed by atoms with van der Waals surface area (Å²) in [6, 6.07) is 4.31. The van der Waals surface area contributed by atoms with E-state index in [2.05, 4.69) is 35.0 Å². The number of carbonyl (C=O) groups excluding carboxylic acids is 1. The maximum Gasteiger partial charge on any atom is 0.316 e. The minimum absolute atomic E-state index is 0.288. The lowest BCUT2D eigenvalue weighted by Crippen LogP contribution is -2.23. The van der Waals surface area contributed by atoms with Gasteiger partial charge in [0, 0.05) is 42.3 Å². The Hall–Kier alpha value is -3.88. The molecule has 0 spiro atoms. The smallest absolute Gasteiger partial charge is 0.316 e. The molecule has 3 heterocycles. The summed E-state index contributed by atoms with van der Waals surface area (Å²) >= 11 is 0. The number of methoxy groups -OCH3 is 1. The summed E-state index contributed by atoms with van der Waals surface area (Å²) in [5, 5.41) is 11.2. The molecular weight excluding hydrogens is 406 g/mol. The van der Waals surface area contributed by atoms with Crippen molar-refractivity contribution in [1.82, 2.24) is 35.0 Å². The first-order chi connectivity index (χ1) is 15.7. The van der Waals surface area contributed by atoms with Crippen molar-refractivity contribution in [3.05, 3.63) is 72.5 Å². The molecule has 1 fully saturated rings. The minimum atomic E-state index is -0.294. The van der Waals surface area contributed by atoms with Crippen molar-refractivity contribution in [2.75, 3.05) is 7.11 Å². The lowest BCUT2D eigenvalue weighted by Gasteiger charge is -2.08. The molecular formula is C23H25N7O2. The molecule has 1 aliphatic carbocycles. The van der Waals surface area contributed by atoms with Gasteiger partial charge < -0.3 is 14.6 Å². The second-order valence-electron chi connectivity index (χ2n) is 7.40. The fourth-order valence-electron chi connectivity index (χ4n) is 3.18. The number of pyridine rings is 1. The highest BCUT2D eigenvalue weighted by Gasteiger charge is 2.25. The molecule has 1 aliphatic rings. The molecule has 32 heavy (non-hydrogen) atoms. The van der Waals surface area contributed by atoms with Crippen molar-refractivity contribution >= 4 is 5.91 Å². The fourth-order valence-corrected chi connectivity index (χ4v) is 3.18. The van der Waals surface area contributed by atoms with E-state index in [0.29, 0.717) is 23.9 Å². The van der Waals surface area contributed by atoms with Gasteiger partial charge in [-0.25, -0.2) is 9.97 Å². The summed E-state index contributed by atoms with van der Waals surface area (Å²) in [6.45, 7) is 2.04. The molecule has 3 aromatic rings. The highest BCUT2D eigenvalue weighted by atomic mass is 16.5. The second-order valence-corrected chi connectivity index (χ2v) is 7.40. The zero-order chi connectivity index (χ0) is 22.3. The fraction of sp³-hybridized carbons (Fsp3) is 0.304. The Labute approximate surface area is 186 Å². The molecule has 0 bridgehead atoms. The Kier molecular flexibility index (Phi) is 6.64. The average Bonchev–Trinajstić information content (AvgIpc) is 3.58. The zero-order valence-electron chi connectivity index (χ0n) is 18.1. The molecule has 9 nitrogen and oxygen atoms in total. The van der Waals surface area contributed by atoms with Crippen LogP contribution < -0.4 is 10.1 Å². The van der Waals surface area contributed by atoms with Gasteiger partial charge in [-0.05, 0) is 43.0 Å². The number of allylic oxidation sites excluding steroid dienone is 3. The van der Waals surface area contributed by atoms with Gasteiger partial charge in [0.2, 0.25) is 0 Å². The highest BCUT2D eigenvalue weighted by Crippen LogP contribution is 2.35. The first-order valence-corrected chi connectivity index (χ1v) is 10.6. The molecule has 0 atom stereocenters. The Bertz CT molecular complexity index is 1130. The second kappa shape index (κ2) is 9.95. The Morgan fingerprint density at radius 2 is 2.06 bits per heavy atom. The van der Waals surface area contributed by atoms with E-state index in [0.717, 1.165) is 36.2 Å². The molecule has 9 heteroatoms. The van der Waals surface area contributed by atoms with E-state index in [9.17, 15) is 4.79 Å². The predicted octanol–water partition coefficient (Wildman–Crippen LogP) is 3.30. The molecule has 1 saturated carbocycles. The number of carbonyl (C=O) groups is 1. The normalized spacial score (nSPS) is 14.0. The van der Waals surface area contributed by atoms with Gasteiger partial charge in [-0.2, -0.15) is 0 Å². The van der Waals surface area contributed by atoms with Crippen LogP contribution in [0.3, 0.4) is 0 Å². The van der Waals surface area contributed by atoms with Crippen molar-refractivity contribution in [2.45, 2.75) is 38.6 Å². The maximum absolute atomic E-state index is 12.9. The molecule has 1 amide bonds. The van der Waals surface area contributed by atoms with Crippen LogP contribution in [-0.4, -0.2) is 42.7 Å². The van der Waals surface area contributed by atoms with E-state index in [4.69, 9.17) is 4.74 Å². The van der Waals surface area contributed by atoms with E-state index in [-0.39, 0.29) is 11.9 Å². The summed E-state index contributed by atoms with van der Waals surface area (Å²) in [7, 11) is 1.51. The number of amides is 1. The van der Waals surface area contributed by atoms with Gasteiger partial charge in [-0.1, -0.05) is 19.1 Å². The number of hydrogen-bond acceptors (Lipinski definition) is 7. The molecule has 1 N–H and O–H groups in total. The van der Waals surface area contributed by atoms with E-state index in [1.165, 1.54) is 7.11 Å². The van der Waals surface area contributed by atoms with Crippen LogP contribution in [0, 0.1) is 0 Å². The van der Waals surface area contributed by atoms with E-state index >= 15 is 0 Å². The SMILES string of the molecule is CCC=CC(=CCc1nncn1C1CC1)NC(=O)c1cc(-c2cnc(OC)nc2)ccn1. The van der Waals surface area contributed by atoms with Crippen LogP contribution in [0.1, 0.15) is 48.5 Å². The summed E-state index contributed by atoms with van der Waals surface area (Å²) in [5.41, 5.74) is 2.56. The first kappa shape index (κ1) is 21.4. The number of hydrogen-bond donors (Lipinski definition) is 1. The van der Waals surface area contributed by atoms with Crippen LogP contribution in [0.2, 0.25) is 0 Å². The van der Waals surface area contributed by atoms with E-state index in [1.807, 2.05) is 25.2 Å². The standard InChI is InChI=1S/C23H25N7O2/c1-3-4-5-18(6-9-21-29-27-15-30(21)19-7-8-19)28-22(31)20-12-16(10-11-24-20)17-13-25-23(32-2)26-14-17/h4-6,10-15,19H,3,7-9H2,1-2H3,(H,28,31). The van der Waals surface area contributed by atoms with Crippen LogP contribution in [0.5, 0.6) is 6.01 Å². The van der Waals surface area contributed by atoms with Crippen molar-refractivity contribution in [3.8, 4) is 17.1 Å². The monoisotopic (exact) mass is 431 g/mol. The van der Waals surface area contributed by atoms with Crippen molar-refractivity contribution in [2.24, 2.45) is 0 Å². The van der Waals surface area contributed by atoms with Crippen LogP contribution in [0.4, 0.5) is 0 Å². The average molecular weight is 432 g/mol. The maximum atomic E-state index is 12.9. The van der Waals surface area contributed by atoms with Crippen LogP contribution in [0.15, 0.2) is 61.0 Å². The van der Waals surface area contributed by atoms with Gasteiger partial charge in [0.15, 0.2) is 0 Å². The number of nitrogens with one attached hydrogen (secondary N) is 1. The number of ether oxygens (including phenoxy) is 1. The number of nitrogens with zero attached hydrogens (tertiary/aromatic N) is 6. The molecule has 4 rings (SSSR count). The lowest BCUT2D eigenvalue weighted by atomic mass is 10.1. The topological polar surface area (TPSA) is 108 Å². The first-order valence-electron chi connectivity index (χ1n) is 10.6. The van der Waals surface area contributed by atoms with E-state index in [1.54, 1.807) is 37.1 Å². The summed E-state index contributed by atoms with van der Waals surface area (Å²) in [6.07, 6.45) is 16.3. The highest BCUT2D eigenvalue weighted by molar-refractivity contribution is 5.94. The van der Waals surface area contributed by atoms with Crippen molar-refractivity contribution in [1.29, 1.82) is 0 Å². The molecule has 164 valence electrons. The Balaban J connectivity index is 1.50. The zero-order valence-corrected chi connectivity index (χ0v) is 18.1. The molecule has 0 aromatic carbocycles. The van der Waals surface area contributed by atoms with Crippen LogP contribution >= 0.6 is 0 Å². The minimum Gasteiger partial charge on any atom is -0.467 e. The van der Waals surface area contributed by atoms with Gasteiger partial charge in [-0.3, -0.25) is 9.78 Å². The van der Waals surface area contributed by atoms with Gasteiger partial charge in [0.25, 0.3) is 5.91 Å². The third-order valence-corrected chi connectivity index (χ3v) is 5.02. The summed E-state index contributed by atoms with van der Waals surface area (Å²) in [5.74, 6) is 0.598. The lowest BCUT2D eigenvalue weighted by molar-refractivity contribution is 0.0962. The van der Waals surface area contributed by atoms with E-state index < -0.39 is 0 Å². The third-order valence-electron chi connectivity index (χ3n) is 5.02. The molecule has 0 radical (unpaired) electrons. The van der Waals surface area contributed by atoms with Crippen LogP contribution in [0.25, 0.3) is 11.1 Å². The van der Waals surface area contributed by atoms with Crippen molar-refractivity contribution in [3.63, 3.8) is 0 Å². The van der Waals surface area contributed by atoms with Gasteiger partial charge in [0.1, 0.15) is 17.8 Å². The van der Waals surface area contributed by atoms with Crippen molar-refractivity contribution < 1.29 is 9.53 Å². The Morgan fingerprint density at radius 3 is 2.78 bits per heavy atom. The van der Waals surface area contributed by atoms with Gasteiger partial charge in [-0.15, -0.1) is 10.2 Å². The Morgan fingerprint density at radius 1 is 1.25 bits per heavy atom. The van der Waals surface area contributed by atoms with Gasteiger partial charge >= 0.3 is 6.01 Å². The molecule has 0 aliphatic heterocycles. The third kappa shape index (κ3) is 5.23. The molecule has 3 aromatic heterocycles. The molecule has 0 unspecified atom stereocenters. The van der Waals surface area contributed by atoms with Crippen LogP contribution in [-0.2, 0) is 6.42 Å². The predicted molar refractivity (Wildman–Crippen MR) is 119 cm³/mol. The largest absolute Gasteiger partial charge is 0.467 e. The van der Waals surface area contributed by atoms with Gasteiger partial charge in [0.05, 0.1) is 7.11 Å². The summed E-state index contributed by atoms with van der Waals surface area (Å²) < 4.78 is 7.11. The number of rotatable bonds is 9. The molecule has 0 saturated heterocycles. The summed E-state index contributed by atoms with van der Waals surface area (Å²) in [4.78, 5) is 25.4. The quantitative estimate of drug-likeness (QED) is 0.518. The number of aromatic nitrogens is 6.